The minimum absolute atomic E-state index is 0.0261. The van der Waals surface area contributed by atoms with Crippen molar-refractivity contribution in [1.29, 1.82) is 0 Å². The predicted molar refractivity (Wildman–Crippen MR) is 79.2 cm³/mol. The van der Waals surface area contributed by atoms with Crippen LogP contribution >= 0.6 is 22.9 Å². The molecule has 0 aliphatic heterocycles. The lowest BCUT2D eigenvalue weighted by Crippen LogP contribution is -2.21. The summed E-state index contributed by atoms with van der Waals surface area (Å²) in [6, 6.07) is 7.20. The second kappa shape index (κ2) is 6.75. The van der Waals surface area contributed by atoms with Crippen LogP contribution in [0.5, 0.6) is 0 Å². The fourth-order valence-corrected chi connectivity index (χ4v) is 2.66. The summed E-state index contributed by atoms with van der Waals surface area (Å²) in [6.07, 6.45) is 1.80. The minimum atomic E-state index is -0.0261. The number of nitrogens with zero attached hydrogens (tertiary/aromatic N) is 1. The van der Waals surface area contributed by atoms with E-state index < -0.39 is 0 Å². The van der Waals surface area contributed by atoms with Crippen molar-refractivity contribution >= 4 is 28.6 Å². The maximum atomic E-state index is 11.6. The van der Waals surface area contributed by atoms with Crippen LogP contribution in [-0.4, -0.2) is 18.3 Å². The summed E-state index contributed by atoms with van der Waals surface area (Å²) in [5, 5.41) is 3.27. The molecule has 0 saturated carbocycles. The third kappa shape index (κ3) is 4.09. The first-order chi connectivity index (χ1) is 9.19. The summed E-state index contributed by atoms with van der Waals surface area (Å²) in [5.74, 6) is 0. The Balaban J connectivity index is 2.02. The zero-order chi connectivity index (χ0) is 13.7. The molecule has 4 nitrogen and oxygen atoms in total. The Morgan fingerprint density at radius 3 is 2.89 bits per heavy atom. The van der Waals surface area contributed by atoms with Crippen LogP contribution in [-0.2, 0) is 17.8 Å². The number of ether oxygens (including phenoxy) is 1. The molecule has 0 atom stereocenters. The van der Waals surface area contributed by atoms with E-state index in [1.165, 1.54) is 0 Å². The normalized spacial score (nSPS) is 10.6. The second-order valence-corrected chi connectivity index (χ2v) is 5.80. The molecule has 0 aromatic carbocycles. The van der Waals surface area contributed by atoms with Crippen molar-refractivity contribution in [1.82, 2.24) is 4.57 Å². The summed E-state index contributed by atoms with van der Waals surface area (Å²) in [7, 11) is 1.62. The zero-order valence-electron chi connectivity index (χ0n) is 10.6. The van der Waals surface area contributed by atoms with Crippen molar-refractivity contribution in [2.24, 2.45) is 0 Å². The van der Waals surface area contributed by atoms with Gasteiger partial charge in [0, 0.05) is 37.3 Å². The molecule has 0 saturated heterocycles. The van der Waals surface area contributed by atoms with Crippen molar-refractivity contribution in [3.05, 3.63) is 50.0 Å². The number of pyridine rings is 1. The maximum Gasteiger partial charge on any atom is 0.250 e. The van der Waals surface area contributed by atoms with Gasteiger partial charge >= 0.3 is 0 Å². The third-order valence-electron chi connectivity index (χ3n) is 2.62. The molecular formula is C13H15ClN2O2S. The number of methoxy groups -OCH3 is 1. The van der Waals surface area contributed by atoms with Crippen LogP contribution in [0.15, 0.2) is 35.3 Å². The van der Waals surface area contributed by atoms with E-state index in [2.05, 4.69) is 5.32 Å². The summed E-state index contributed by atoms with van der Waals surface area (Å²) in [4.78, 5) is 12.8. The summed E-state index contributed by atoms with van der Waals surface area (Å²) >= 11 is 7.42. The van der Waals surface area contributed by atoms with E-state index in [1.807, 2.05) is 12.1 Å². The Labute approximate surface area is 120 Å². The first kappa shape index (κ1) is 14.1. The lowest BCUT2D eigenvalue weighted by Gasteiger charge is -2.09. The summed E-state index contributed by atoms with van der Waals surface area (Å²) in [6.45, 7) is 1.76. The van der Waals surface area contributed by atoms with Crippen LogP contribution < -0.4 is 10.9 Å². The number of nitrogens with one attached hydrogen (secondary N) is 1. The van der Waals surface area contributed by atoms with Gasteiger partial charge < -0.3 is 14.6 Å². The topological polar surface area (TPSA) is 43.3 Å². The molecule has 2 aromatic heterocycles. The van der Waals surface area contributed by atoms with Crippen molar-refractivity contribution < 1.29 is 4.74 Å². The average molecular weight is 299 g/mol. The Morgan fingerprint density at radius 1 is 1.37 bits per heavy atom. The molecule has 6 heteroatoms. The number of aromatic nitrogens is 1. The van der Waals surface area contributed by atoms with Gasteiger partial charge in [-0.3, -0.25) is 4.79 Å². The van der Waals surface area contributed by atoms with E-state index in [0.29, 0.717) is 19.7 Å². The lowest BCUT2D eigenvalue weighted by atomic mass is 10.3. The number of halogens is 1. The number of thiophene rings is 1. The summed E-state index contributed by atoms with van der Waals surface area (Å²) in [5.41, 5.74) is 0.877. The Hall–Kier alpha value is -1.30. The molecule has 0 aliphatic carbocycles. The quantitative estimate of drug-likeness (QED) is 0.892. The van der Waals surface area contributed by atoms with E-state index in [9.17, 15) is 4.79 Å². The standard InChI is InChI=1S/C13H15ClN2O2S/c1-18-7-6-16-9-10(2-5-13(16)17)15-8-11-3-4-12(14)19-11/h2-5,9,15H,6-8H2,1H3. The molecule has 0 unspecified atom stereocenters. The van der Waals surface area contributed by atoms with Gasteiger partial charge in [-0.1, -0.05) is 11.6 Å². The lowest BCUT2D eigenvalue weighted by molar-refractivity contribution is 0.186. The SMILES string of the molecule is COCCn1cc(NCc2ccc(Cl)s2)ccc1=O. The van der Waals surface area contributed by atoms with Crippen LogP contribution in [0.2, 0.25) is 4.34 Å². The first-order valence-corrected chi connectivity index (χ1v) is 7.06. The highest BCUT2D eigenvalue weighted by Gasteiger charge is 2.01. The van der Waals surface area contributed by atoms with Gasteiger partial charge in [-0.2, -0.15) is 0 Å². The van der Waals surface area contributed by atoms with Crippen molar-refractivity contribution in [2.45, 2.75) is 13.1 Å². The van der Waals surface area contributed by atoms with Gasteiger partial charge in [-0.05, 0) is 18.2 Å². The van der Waals surface area contributed by atoms with Crippen LogP contribution in [0, 0.1) is 0 Å². The number of hydrogen-bond donors (Lipinski definition) is 1. The van der Waals surface area contributed by atoms with E-state index >= 15 is 0 Å². The smallest absolute Gasteiger partial charge is 0.250 e. The fraction of sp³-hybridized carbons (Fsp3) is 0.308. The van der Waals surface area contributed by atoms with Gasteiger partial charge in [-0.15, -0.1) is 11.3 Å². The fourth-order valence-electron chi connectivity index (χ4n) is 1.64. The number of hydrogen-bond acceptors (Lipinski definition) is 4. The van der Waals surface area contributed by atoms with Gasteiger partial charge in [0.1, 0.15) is 0 Å². The second-order valence-electron chi connectivity index (χ2n) is 4.00. The molecule has 1 N–H and O–H groups in total. The molecule has 0 bridgehead atoms. The molecule has 0 amide bonds. The molecule has 19 heavy (non-hydrogen) atoms. The Kier molecular flexibility index (Phi) is 5.01. The number of rotatable bonds is 6. The Bertz CT molecular complexity index is 594. The molecule has 0 aliphatic rings. The largest absolute Gasteiger partial charge is 0.383 e. The molecule has 2 rings (SSSR count). The van der Waals surface area contributed by atoms with E-state index in [-0.39, 0.29) is 5.56 Å². The molecule has 0 spiro atoms. The van der Waals surface area contributed by atoms with Crippen LogP contribution in [0.4, 0.5) is 5.69 Å². The maximum absolute atomic E-state index is 11.6. The van der Waals surface area contributed by atoms with Gasteiger partial charge in [-0.25, -0.2) is 0 Å². The molecule has 102 valence electrons. The van der Waals surface area contributed by atoms with E-state index in [4.69, 9.17) is 16.3 Å². The van der Waals surface area contributed by atoms with Gasteiger partial charge in [0.05, 0.1) is 16.6 Å². The highest BCUT2D eigenvalue weighted by molar-refractivity contribution is 7.16. The van der Waals surface area contributed by atoms with Gasteiger partial charge in [0.15, 0.2) is 0 Å². The predicted octanol–water partition coefficient (Wildman–Crippen LogP) is 2.82. The van der Waals surface area contributed by atoms with Crippen LogP contribution in [0.3, 0.4) is 0 Å². The first-order valence-electron chi connectivity index (χ1n) is 5.86. The number of anilines is 1. The molecule has 0 radical (unpaired) electrons. The Morgan fingerprint density at radius 2 is 2.21 bits per heavy atom. The highest BCUT2D eigenvalue weighted by Crippen LogP contribution is 2.22. The van der Waals surface area contributed by atoms with Crippen LogP contribution in [0.1, 0.15) is 4.88 Å². The minimum Gasteiger partial charge on any atom is -0.383 e. The molecule has 2 heterocycles. The monoisotopic (exact) mass is 298 g/mol. The average Bonchev–Trinajstić information content (AvgIpc) is 2.82. The highest BCUT2D eigenvalue weighted by atomic mass is 35.5. The third-order valence-corrected chi connectivity index (χ3v) is 3.85. The molecule has 2 aromatic rings. The molecular weight excluding hydrogens is 284 g/mol. The van der Waals surface area contributed by atoms with Crippen LogP contribution in [0.25, 0.3) is 0 Å². The van der Waals surface area contributed by atoms with Crippen molar-refractivity contribution in [3.63, 3.8) is 0 Å². The zero-order valence-corrected chi connectivity index (χ0v) is 12.1. The van der Waals surface area contributed by atoms with Crippen molar-refractivity contribution in [2.75, 3.05) is 19.0 Å². The molecule has 0 fully saturated rings. The van der Waals surface area contributed by atoms with Crippen molar-refractivity contribution in [3.8, 4) is 0 Å². The van der Waals surface area contributed by atoms with Gasteiger partial charge in [0.2, 0.25) is 0 Å². The summed E-state index contributed by atoms with van der Waals surface area (Å²) < 4.78 is 7.39. The van der Waals surface area contributed by atoms with E-state index in [1.54, 1.807) is 41.3 Å². The van der Waals surface area contributed by atoms with E-state index in [0.717, 1.165) is 14.9 Å². The van der Waals surface area contributed by atoms with Gasteiger partial charge in [0.25, 0.3) is 5.56 Å².